The number of pyridine rings is 6. The van der Waals surface area contributed by atoms with Crippen molar-refractivity contribution in [1.82, 2.24) is 29.9 Å². The third-order valence-corrected chi connectivity index (χ3v) is 25.8. The summed E-state index contributed by atoms with van der Waals surface area (Å²) >= 11 is 0. The zero-order valence-electron chi connectivity index (χ0n) is 75.7. The molecule has 0 radical (unpaired) electrons. The largest absolute Gasteiger partial charge is 3.00 e. The zero-order chi connectivity index (χ0) is 91.9. The molecule has 0 aliphatic heterocycles. The molecule has 0 atom stereocenters. The van der Waals surface area contributed by atoms with Crippen molar-refractivity contribution in [3.05, 3.63) is 535 Å². The van der Waals surface area contributed by atoms with E-state index in [0.717, 1.165) is 246 Å². The molecular weight excluding hydrogens is 2050 g/mol. The molecule has 17 aromatic carbocycles. The van der Waals surface area contributed by atoms with E-state index in [1.165, 1.54) is 0 Å². The van der Waals surface area contributed by atoms with Crippen LogP contribution in [0.3, 0.4) is 0 Å². The Morgan fingerprint density at radius 3 is 0.529 bits per heavy atom. The van der Waals surface area contributed by atoms with E-state index in [9.17, 15) is 0 Å². The summed E-state index contributed by atoms with van der Waals surface area (Å²) in [7, 11) is 0. The molecule has 658 valence electrons. The third-order valence-electron chi connectivity index (χ3n) is 25.8. The van der Waals surface area contributed by atoms with E-state index >= 15 is 0 Å². The Kier molecular flexibility index (Phi) is 26.1. The molecular formula is C132H82Ir2N6. The molecule has 6 nitrogen and oxygen atoms in total. The quantitative estimate of drug-likeness (QED) is 0.0629. The van der Waals surface area contributed by atoms with Crippen LogP contribution in [0.1, 0.15) is 0 Å². The van der Waals surface area contributed by atoms with Crippen LogP contribution in [-0.4, -0.2) is 29.9 Å². The van der Waals surface area contributed by atoms with Gasteiger partial charge in [-0.1, -0.05) is 327 Å². The number of rotatable bonds is 22. The molecule has 6 heterocycles. The average molecular weight is 2140 g/mol. The van der Waals surface area contributed by atoms with Crippen LogP contribution >= 0.6 is 0 Å². The standard InChI is InChI=1S/C132H82N6.2Ir/c1-9-37-89(38-10-1)119-79-129(93-45-17-5-18-46-93)135-85-123(119)115-61-33-29-57-111(115)103-73-101(74-104(77-103)112-58-30-34-62-116(112)124-86-136-130(94-47-19-6-20-48-94)80-120(124)90-39-11-2-12-40-90)109-55-27-25-53-107(109)99-69-71-127(133-83-99)97-65-67-98(68-66-97)128-72-70-100(84-134-128)108-54-26-28-56-110(108)102-75-105(113-59-31-35-63-117(113)125-87-137-131(95-49-21-7-22-50-95)81-121(125)91-41-13-3-14-42-91)78-106(76-102)114-60-32-36-64-118(114)126-88-138-132(96-51-23-8-24-52-96)82-122(126)92-43-15-4-16-44-92;;/h1-45,47,49,51,53-65,68-88H;;/q-6;2*+3. The average Bonchev–Trinajstić information content (AvgIpc) is 0.756. The summed E-state index contributed by atoms with van der Waals surface area (Å²) in [6, 6.07) is 183. The van der Waals surface area contributed by atoms with Gasteiger partial charge < -0.3 is 29.9 Å². The van der Waals surface area contributed by atoms with Gasteiger partial charge in [-0.3, -0.25) is 0 Å². The molecule has 0 spiro atoms. The van der Waals surface area contributed by atoms with Gasteiger partial charge in [0.2, 0.25) is 0 Å². The summed E-state index contributed by atoms with van der Waals surface area (Å²) in [6.07, 6.45) is 12.1. The molecule has 0 bridgehead atoms. The molecule has 0 saturated carbocycles. The second-order valence-corrected chi connectivity index (χ2v) is 34.2. The summed E-state index contributed by atoms with van der Waals surface area (Å²) in [4.78, 5) is 31.2. The van der Waals surface area contributed by atoms with Crippen molar-refractivity contribution in [1.29, 1.82) is 0 Å². The van der Waals surface area contributed by atoms with Crippen LogP contribution in [-0.2, 0) is 40.2 Å². The van der Waals surface area contributed by atoms with Gasteiger partial charge in [0.15, 0.2) is 0 Å². The predicted octanol–water partition coefficient (Wildman–Crippen LogP) is 33.5. The van der Waals surface area contributed by atoms with Crippen molar-refractivity contribution in [3.8, 4) is 246 Å². The van der Waals surface area contributed by atoms with Crippen LogP contribution in [0, 0.1) is 36.4 Å². The van der Waals surface area contributed by atoms with Crippen molar-refractivity contribution in [2.24, 2.45) is 0 Å². The number of benzene rings is 17. The molecule has 140 heavy (non-hydrogen) atoms. The minimum atomic E-state index is 0. The van der Waals surface area contributed by atoms with Crippen LogP contribution in [0.2, 0.25) is 0 Å². The van der Waals surface area contributed by atoms with Crippen molar-refractivity contribution < 1.29 is 40.2 Å². The van der Waals surface area contributed by atoms with Crippen LogP contribution in [0.25, 0.3) is 246 Å². The minimum absolute atomic E-state index is 0. The number of hydrogen-bond donors (Lipinski definition) is 0. The molecule has 6 aromatic heterocycles. The topological polar surface area (TPSA) is 77.3 Å². The Morgan fingerprint density at radius 1 is 0.121 bits per heavy atom. The molecule has 0 aliphatic rings. The molecule has 0 N–H and O–H groups in total. The maximum absolute atomic E-state index is 5.22. The van der Waals surface area contributed by atoms with E-state index in [0.29, 0.717) is 0 Å². The Morgan fingerprint density at radius 2 is 0.321 bits per heavy atom. The summed E-state index contributed by atoms with van der Waals surface area (Å²) in [6.45, 7) is 0. The fourth-order valence-corrected chi connectivity index (χ4v) is 19.1. The Bertz CT molecular complexity index is 7490. The summed E-state index contributed by atoms with van der Waals surface area (Å²) < 4.78 is 0. The molecule has 23 aromatic rings. The van der Waals surface area contributed by atoms with Gasteiger partial charge >= 0.3 is 40.2 Å². The molecule has 8 heteroatoms. The maximum atomic E-state index is 5.22. The zero-order valence-corrected chi connectivity index (χ0v) is 80.5. The fourth-order valence-electron chi connectivity index (χ4n) is 19.1. The molecule has 0 amide bonds. The number of nitrogens with zero attached hydrogens (tertiary/aromatic N) is 6. The molecule has 0 saturated heterocycles. The van der Waals surface area contributed by atoms with Gasteiger partial charge in [0, 0.05) is 59.4 Å². The van der Waals surface area contributed by atoms with Gasteiger partial charge in [0.05, 0.1) is 0 Å². The van der Waals surface area contributed by atoms with Crippen LogP contribution in [0.4, 0.5) is 0 Å². The van der Waals surface area contributed by atoms with Crippen molar-refractivity contribution in [2.45, 2.75) is 0 Å². The van der Waals surface area contributed by atoms with Crippen LogP contribution < -0.4 is 0 Å². The monoisotopic (exact) mass is 2140 g/mol. The molecule has 0 unspecified atom stereocenters. The van der Waals surface area contributed by atoms with Gasteiger partial charge in [-0.2, -0.15) is 0 Å². The first kappa shape index (κ1) is 89.5. The predicted molar refractivity (Wildman–Crippen MR) is 566 cm³/mol. The van der Waals surface area contributed by atoms with E-state index < -0.39 is 0 Å². The Hall–Kier alpha value is -17.1. The van der Waals surface area contributed by atoms with Gasteiger partial charge in [-0.05, 0) is 215 Å². The van der Waals surface area contributed by atoms with Crippen LogP contribution in [0.15, 0.2) is 498 Å². The summed E-state index contributed by atoms with van der Waals surface area (Å²) in [5, 5.41) is 0. The smallest absolute Gasteiger partial charge is 0.314 e. The van der Waals surface area contributed by atoms with E-state index in [1.54, 1.807) is 0 Å². The van der Waals surface area contributed by atoms with Crippen LogP contribution in [0.5, 0.6) is 0 Å². The molecule has 23 rings (SSSR count). The van der Waals surface area contributed by atoms with Gasteiger partial charge in [-0.15, -0.1) is 144 Å². The molecule has 0 aliphatic carbocycles. The SMILES string of the molecule is [Ir+3].[Ir+3].[c-]1cc(-c2ccc(-c3ccccc3-c3cc(-c4ccccc4-c4cnc(-c5[c-]cccc5)cc4-c4ccccc4)cc(-c4ccccc4-c4cnc(-c5[c-]cccc5)cc4-c4ccccc4)c3)cn2)[c-]cc1-c1ccc(-c2ccccc2-c2cc(-c3ccccc3-c3cnc(-c4[c-]cccc4)cc3-c3ccccc3)cc(-c3ccccc3-c3cnc(-c4[c-]cccc4)cc3-c3ccccc3)c2)cn1. The van der Waals surface area contributed by atoms with E-state index in [2.05, 4.69) is 413 Å². The summed E-state index contributed by atoms with van der Waals surface area (Å²) in [5.74, 6) is 0. The Balaban J connectivity index is 0.00000582. The molecule has 0 fully saturated rings. The van der Waals surface area contributed by atoms with Crippen molar-refractivity contribution >= 4 is 0 Å². The van der Waals surface area contributed by atoms with E-state index in [4.69, 9.17) is 29.9 Å². The maximum Gasteiger partial charge on any atom is 3.00 e. The first-order chi connectivity index (χ1) is 68.4. The second-order valence-electron chi connectivity index (χ2n) is 34.2. The fraction of sp³-hybridized carbons (Fsp3) is 0. The first-order valence-electron chi connectivity index (χ1n) is 46.3. The van der Waals surface area contributed by atoms with E-state index in [-0.39, 0.29) is 40.2 Å². The minimum Gasteiger partial charge on any atom is -0.314 e. The number of hydrogen-bond acceptors (Lipinski definition) is 6. The Labute approximate surface area is 843 Å². The van der Waals surface area contributed by atoms with Crippen molar-refractivity contribution in [2.75, 3.05) is 0 Å². The van der Waals surface area contributed by atoms with Gasteiger partial charge in [-0.25, -0.2) is 35.4 Å². The van der Waals surface area contributed by atoms with Crippen molar-refractivity contribution in [3.63, 3.8) is 0 Å². The first-order valence-corrected chi connectivity index (χ1v) is 46.3. The van der Waals surface area contributed by atoms with Gasteiger partial charge in [0.25, 0.3) is 0 Å². The third kappa shape index (κ3) is 18.5. The second kappa shape index (κ2) is 40.9. The van der Waals surface area contributed by atoms with E-state index in [1.807, 2.05) is 122 Å². The summed E-state index contributed by atoms with van der Waals surface area (Å²) in [5.41, 5.74) is 43.8. The number of aromatic nitrogens is 6. The van der Waals surface area contributed by atoms with Gasteiger partial charge in [0.1, 0.15) is 0 Å². The normalized spacial score (nSPS) is 11.0.